The van der Waals surface area contributed by atoms with E-state index in [1.165, 1.54) is 15.3 Å². The number of nitrogens with zero attached hydrogens (tertiary/aromatic N) is 4. The highest BCUT2D eigenvalue weighted by atomic mass is 35.5. The molecule has 0 amide bonds. The fourth-order valence-electron chi connectivity index (χ4n) is 2.75. The molecule has 140 valence electrons. The second-order valence-corrected chi connectivity index (χ2v) is 6.60. The van der Waals surface area contributed by atoms with E-state index in [1.54, 1.807) is 18.3 Å². The lowest BCUT2D eigenvalue weighted by atomic mass is 10.2. The van der Waals surface area contributed by atoms with Crippen molar-refractivity contribution in [2.24, 2.45) is 0 Å². The van der Waals surface area contributed by atoms with Crippen molar-refractivity contribution in [3.8, 4) is 11.4 Å². The van der Waals surface area contributed by atoms with Gasteiger partial charge in [0.25, 0.3) is 0 Å². The van der Waals surface area contributed by atoms with E-state index in [1.807, 2.05) is 42.5 Å². The Hall–Kier alpha value is -3.45. The van der Waals surface area contributed by atoms with Gasteiger partial charge in [0.1, 0.15) is 6.54 Å². The van der Waals surface area contributed by atoms with Gasteiger partial charge in [-0.25, -0.2) is 0 Å². The van der Waals surface area contributed by atoms with E-state index in [0.717, 1.165) is 11.1 Å². The predicted octanol–water partition coefficient (Wildman–Crippen LogP) is 2.81. The van der Waals surface area contributed by atoms with Crippen molar-refractivity contribution >= 4 is 11.6 Å². The van der Waals surface area contributed by atoms with E-state index in [9.17, 15) is 9.59 Å². The van der Waals surface area contributed by atoms with Crippen LogP contribution in [0.25, 0.3) is 11.4 Å². The molecule has 0 aliphatic heterocycles. The summed E-state index contributed by atoms with van der Waals surface area (Å²) in [7, 11) is 0. The first-order chi connectivity index (χ1) is 13.6. The zero-order chi connectivity index (χ0) is 19.5. The van der Waals surface area contributed by atoms with Crippen LogP contribution in [0.4, 0.5) is 0 Å². The van der Waals surface area contributed by atoms with Gasteiger partial charge in [0.15, 0.2) is 0 Å². The Morgan fingerprint density at radius 3 is 2.18 bits per heavy atom. The molecule has 4 aromatic rings. The second-order valence-electron chi connectivity index (χ2n) is 6.17. The molecule has 2 aromatic carbocycles. The SMILES string of the molecule is O=c1c(=O)n(Cc2nc(-c3ccccc3)no2)ccn1Cc1ccc(Cl)cc1. The van der Waals surface area contributed by atoms with Crippen LogP contribution in [0.3, 0.4) is 0 Å². The predicted molar refractivity (Wildman–Crippen MR) is 104 cm³/mol. The normalized spacial score (nSPS) is 10.9. The molecule has 0 N–H and O–H groups in total. The Balaban J connectivity index is 1.56. The maximum absolute atomic E-state index is 12.4. The highest BCUT2D eigenvalue weighted by molar-refractivity contribution is 6.30. The molecule has 2 heterocycles. The summed E-state index contributed by atoms with van der Waals surface area (Å²) in [6.45, 7) is 0.306. The van der Waals surface area contributed by atoms with Crippen molar-refractivity contribution in [3.63, 3.8) is 0 Å². The van der Waals surface area contributed by atoms with Gasteiger partial charge < -0.3 is 9.09 Å². The number of halogens is 1. The second kappa shape index (κ2) is 7.66. The average Bonchev–Trinajstić information content (AvgIpc) is 3.19. The van der Waals surface area contributed by atoms with E-state index < -0.39 is 11.1 Å². The number of hydrogen-bond donors (Lipinski definition) is 0. The van der Waals surface area contributed by atoms with Gasteiger partial charge in [-0.15, -0.1) is 0 Å². The molecule has 0 fully saturated rings. The van der Waals surface area contributed by atoms with Gasteiger partial charge >= 0.3 is 11.1 Å². The summed E-state index contributed by atoms with van der Waals surface area (Å²) in [6, 6.07) is 16.5. The summed E-state index contributed by atoms with van der Waals surface area (Å²) >= 11 is 5.87. The first-order valence-electron chi connectivity index (χ1n) is 8.52. The first-order valence-corrected chi connectivity index (χ1v) is 8.90. The van der Waals surface area contributed by atoms with Gasteiger partial charge in [-0.1, -0.05) is 59.2 Å². The van der Waals surface area contributed by atoms with Crippen LogP contribution in [0.15, 0.2) is 81.1 Å². The molecule has 4 rings (SSSR count). The van der Waals surface area contributed by atoms with E-state index in [-0.39, 0.29) is 19.0 Å². The van der Waals surface area contributed by atoms with Crippen LogP contribution in [0.5, 0.6) is 0 Å². The van der Waals surface area contributed by atoms with E-state index >= 15 is 0 Å². The topological polar surface area (TPSA) is 82.9 Å². The van der Waals surface area contributed by atoms with Crippen molar-refractivity contribution in [2.75, 3.05) is 0 Å². The summed E-state index contributed by atoms with van der Waals surface area (Å²) in [5, 5.41) is 4.53. The molecule has 0 saturated heterocycles. The Morgan fingerprint density at radius 1 is 0.857 bits per heavy atom. The molecule has 0 spiro atoms. The molecule has 28 heavy (non-hydrogen) atoms. The molecule has 0 atom stereocenters. The first kappa shape index (κ1) is 17.9. The third-order valence-electron chi connectivity index (χ3n) is 4.20. The zero-order valence-corrected chi connectivity index (χ0v) is 15.4. The molecule has 0 aliphatic rings. The lowest BCUT2D eigenvalue weighted by Crippen LogP contribution is -2.40. The highest BCUT2D eigenvalue weighted by Crippen LogP contribution is 2.15. The highest BCUT2D eigenvalue weighted by Gasteiger charge is 2.12. The monoisotopic (exact) mass is 394 g/mol. The maximum Gasteiger partial charge on any atom is 0.316 e. The number of benzene rings is 2. The lowest BCUT2D eigenvalue weighted by molar-refractivity contribution is 0.369. The largest absolute Gasteiger partial charge is 0.337 e. The van der Waals surface area contributed by atoms with Crippen LogP contribution in [0.2, 0.25) is 5.02 Å². The Kier molecular flexibility index (Phi) is 4.90. The summed E-state index contributed by atoms with van der Waals surface area (Å²) in [5.74, 6) is 0.676. The van der Waals surface area contributed by atoms with Crippen LogP contribution >= 0.6 is 11.6 Å². The molecule has 0 saturated carbocycles. The summed E-state index contributed by atoms with van der Waals surface area (Å²) in [5.41, 5.74) is 0.396. The molecule has 2 aromatic heterocycles. The Morgan fingerprint density at radius 2 is 1.50 bits per heavy atom. The van der Waals surface area contributed by atoms with Crippen LogP contribution in [-0.2, 0) is 13.1 Å². The van der Waals surface area contributed by atoms with E-state index in [2.05, 4.69) is 10.1 Å². The molecule has 0 radical (unpaired) electrons. The standard InChI is InChI=1S/C20H15ClN4O3/c21-16-8-6-14(7-9-16)12-24-10-11-25(20(27)19(24)26)13-17-22-18(23-28-17)15-4-2-1-3-5-15/h1-11H,12-13H2. The third-order valence-corrected chi connectivity index (χ3v) is 4.46. The van der Waals surface area contributed by atoms with Crippen LogP contribution in [0, 0.1) is 0 Å². The molecular weight excluding hydrogens is 380 g/mol. The van der Waals surface area contributed by atoms with Crippen molar-refractivity contribution < 1.29 is 4.52 Å². The van der Waals surface area contributed by atoms with Crippen molar-refractivity contribution in [2.45, 2.75) is 13.1 Å². The maximum atomic E-state index is 12.4. The molecule has 7 nitrogen and oxygen atoms in total. The number of rotatable bonds is 5. The molecule has 8 heteroatoms. The van der Waals surface area contributed by atoms with Crippen molar-refractivity contribution in [1.29, 1.82) is 0 Å². The minimum absolute atomic E-state index is 0.0235. The van der Waals surface area contributed by atoms with Crippen molar-refractivity contribution in [1.82, 2.24) is 19.3 Å². The fourth-order valence-corrected chi connectivity index (χ4v) is 2.87. The van der Waals surface area contributed by atoms with Gasteiger partial charge in [-0.3, -0.25) is 14.2 Å². The quantitative estimate of drug-likeness (QED) is 0.486. The molecule has 0 unspecified atom stereocenters. The van der Waals surface area contributed by atoms with Gasteiger partial charge in [-0.05, 0) is 17.7 Å². The van der Waals surface area contributed by atoms with Crippen LogP contribution < -0.4 is 11.1 Å². The minimum atomic E-state index is -0.657. The van der Waals surface area contributed by atoms with E-state index in [0.29, 0.717) is 10.8 Å². The van der Waals surface area contributed by atoms with Gasteiger partial charge in [0.2, 0.25) is 11.7 Å². The average molecular weight is 395 g/mol. The lowest BCUT2D eigenvalue weighted by Gasteiger charge is -2.08. The molecular formula is C20H15ClN4O3. The summed E-state index contributed by atoms with van der Waals surface area (Å²) in [4.78, 5) is 29.1. The third kappa shape index (κ3) is 3.79. The number of aromatic nitrogens is 4. The molecule has 0 bridgehead atoms. The number of hydrogen-bond acceptors (Lipinski definition) is 5. The van der Waals surface area contributed by atoms with Crippen molar-refractivity contribution in [3.05, 3.63) is 104 Å². The Labute approximate surface area is 164 Å². The minimum Gasteiger partial charge on any atom is -0.337 e. The van der Waals surface area contributed by atoms with Gasteiger partial charge in [-0.2, -0.15) is 4.98 Å². The van der Waals surface area contributed by atoms with E-state index in [4.69, 9.17) is 16.1 Å². The summed E-state index contributed by atoms with van der Waals surface area (Å²) < 4.78 is 7.82. The van der Waals surface area contributed by atoms with Gasteiger partial charge in [0.05, 0.1) is 6.54 Å². The molecule has 0 aliphatic carbocycles. The van der Waals surface area contributed by atoms with Crippen LogP contribution in [0.1, 0.15) is 11.5 Å². The Bertz CT molecular complexity index is 1210. The fraction of sp³-hybridized carbons (Fsp3) is 0.100. The van der Waals surface area contributed by atoms with Crippen LogP contribution in [-0.4, -0.2) is 19.3 Å². The smallest absolute Gasteiger partial charge is 0.316 e. The van der Waals surface area contributed by atoms with Gasteiger partial charge in [0, 0.05) is 23.0 Å². The zero-order valence-electron chi connectivity index (χ0n) is 14.7. The summed E-state index contributed by atoms with van der Waals surface area (Å²) in [6.07, 6.45) is 3.10.